The molecule has 5 nitrogen and oxygen atoms in total. The van der Waals surface area contributed by atoms with Gasteiger partial charge < -0.3 is 15.0 Å². The number of likely N-dealkylation sites (N-methyl/N-ethyl adjacent to an activating group) is 1. The number of pyridine rings is 1. The van der Waals surface area contributed by atoms with Gasteiger partial charge in [0, 0.05) is 37.2 Å². The summed E-state index contributed by atoms with van der Waals surface area (Å²) in [5, 5.41) is 2.90. The molecule has 0 unspecified atom stereocenters. The minimum atomic E-state index is -0.107. The zero-order chi connectivity index (χ0) is 15.8. The van der Waals surface area contributed by atoms with E-state index in [2.05, 4.69) is 10.3 Å². The lowest BCUT2D eigenvalue weighted by Crippen LogP contribution is -2.36. The first-order chi connectivity index (χ1) is 10.7. The summed E-state index contributed by atoms with van der Waals surface area (Å²) in [6.45, 7) is 3.29. The molecule has 0 atom stereocenters. The van der Waals surface area contributed by atoms with Crippen molar-refractivity contribution in [2.75, 3.05) is 25.5 Å². The highest BCUT2D eigenvalue weighted by molar-refractivity contribution is 5.89. The van der Waals surface area contributed by atoms with Crippen molar-refractivity contribution >= 4 is 11.7 Å². The lowest BCUT2D eigenvalue weighted by atomic mass is 10.2. The first kappa shape index (κ1) is 15.8. The number of rotatable bonds is 6. The smallest absolute Gasteiger partial charge is 0.321 e. The molecule has 1 aromatic carbocycles. The van der Waals surface area contributed by atoms with Gasteiger partial charge in [0.15, 0.2) is 0 Å². The van der Waals surface area contributed by atoms with Crippen molar-refractivity contribution in [3.8, 4) is 5.75 Å². The number of methoxy groups -OCH3 is 1. The van der Waals surface area contributed by atoms with Crippen LogP contribution in [-0.4, -0.2) is 36.1 Å². The molecule has 0 saturated heterocycles. The summed E-state index contributed by atoms with van der Waals surface area (Å²) in [6.07, 6.45) is 4.34. The highest BCUT2D eigenvalue weighted by Crippen LogP contribution is 2.17. The van der Waals surface area contributed by atoms with Gasteiger partial charge in [0.05, 0.1) is 7.11 Å². The lowest BCUT2D eigenvalue weighted by Gasteiger charge is -2.21. The molecule has 0 radical (unpaired) electrons. The minimum absolute atomic E-state index is 0.107. The molecule has 2 aromatic rings. The molecule has 1 heterocycles. The fourth-order valence-corrected chi connectivity index (χ4v) is 2.12. The molecular weight excluding hydrogens is 278 g/mol. The highest BCUT2D eigenvalue weighted by atomic mass is 16.5. The Hall–Kier alpha value is -2.56. The summed E-state index contributed by atoms with van der Waals surface area (Å²) in [7, 11) is 1.61. The molecule has 0 saturated carbocycles. The number of hydrogen-bond donors (Lipinski definition) is 1. The van der Waals surface area contributed by atoms with Gasteiger partial charge in [-0.1, -0.05) is 6.07 Å². The zero-order valence-corrected chi connectivity index (χ0v) is 13.0. The number of amides is 2. The average molecular weight is 299 g/mol. The van der Waals surface area contributed by atoms with E-state index in [1.54, 1.807) is 30.5 Å². The monoisotopic (exact) mass is 299 g/mol. The Morgan fingerprint density at radius 2 is 2.05 bits per heavy atom. The van der Waals surface area contributed by atoms with Gasteiger partial charge in [-0.3, -0.25) is 4.98 Å². The van der Waals surface area contributed by atoms with Crippen molar-refractivity contribution in [1.29, 1.82) is 0 Å². The minimum Gasteiger partial charge on any atom is -0.497 e. The summed E-state index contributed by atoms with van der Waals surface area (Å²) in [5.74, 6) is 0.720. The first-order valence-corrected chi connectivity index (χ1v) is 7.32. The second kappa shape index (κ2) is 8.02. The summed E-state index contributed by atoms with van der Waals surface area (Å²) in [6, 6.07) is 11.2. The van der Waals surface area contributed by atoms with Gasteiger partial charge in [-0.2, -0.15) is 0 Å². The second-order valence-corrected chi connectivity index (χ2v) is 4.85. The number of nitrogens with zero attached hydrogens (tertiary/aromatic N) is 2. The van der Waals surface area contributed by atoms with E-state index in [0.717, 1.165) is 17.9 Å². The van der Waals surface area contributed by atoms with E-state index in [4.69, 9.17) is 4.74 Å². The summed E-state index contributed by atoms with van der Waals surface area (Å²) < 4.78 is 5.16. The van der Waals surface area contributed by atoms with Crippen LogP contribution in [0.2, 0.25) is 0 Å². The Bertz CT molecular complexity index is 602. The number of ether oxygens (including phenoxy) is 1. The van der Waals surface area contributed by atoms with Gasteiger partial charge in [0.2, 0.25) is 0 Å². The molecule has 22 heavy (non-hydrogen) atoms. The highest BCUT2D eigenvalue weighted by Gasteiger charge is 2.11. The Kier molecular flexibility index (Phi) is 5.77. The number of carbonyl (C=O) groups is 1. The van der Waals surface area contributed by atoms with Crippen molar-refractivity contribution in [2.45, 2.75) is 13.3 Å². The third-order valence-electron chi connectivity index (χ3n) is 3.41. The molecule has 1 aromatic heterocycles. The second-order valence-electron chi connectivity index (χ2n) is 4.85. The van der Waals surface area contributed by atoms with Crippen LogP contribution in [0.5, 0.6) is 5.75 Å². The van der Waals surface area contributed by atoms with E-state index in [-0.39, 0.29) is 6.03 Å². The maximum absolute atomic E-state index is 12.3. The quantitative estimate of drug-likeness (QED) is 0.891. The van der Waals surface area contributed by atoms with E-state index in [0.29, 0.717) is 13.1 Å². The number of benzene rings is 1. The van der Waals surface area contributed by atoms with Crippen LogP contribution in [0.15, 0.2) is 48.8 Å². The van der Waals surface area contributed by atoms with Crippen molar-refractivity contribution < 1.29 is 9.53 Å². The average Bonchev–Trinajstić information content (AvgIpc) is 2.56. The Balaban J connectivity index is 1.93. The number of nitrogens with one attached hydrogen (secondary N) is 1. The molecule has 1 N–H and O–H groups in total. The molecule has 0 aliphatic rings. The molecule has 0 aliphatic carbocycles. The largest absolute Gasteiger partial charge is 0.497 e. The third kappa shape index (κ3) is 4.48. The topological polar surface area (TPSA) is 54.5 Å². The van der Waals surface area contributed by atoms with Gasteiger partial charge in [0.25, 0.3) is 0 Å². The molecule has 2 amide bonds. The molecule has 0 bridgehead atoms. The van der Waals surface area contributed by atoms with Gasteiger partial charge >= 0.3 is 6.03 Å². The van der Waals surface area contributed by atoms with Crippen molar-refractivity contribution in [3.05, 3.63) is 54.4 Å². The van der Waals surface area contributed by atoms with E-state index in [9.17, 15) is 4.79 Å². The molecule has 2 rings (SSSR count). The van der Waals surface area contributed by atoms with Crippen LogP contribution < -0.4 is 10.1 Å². The predicted octanol–water partition coefficient (Wildman–Crippen LogP) is 3.19. The summed E-state index contributed by atoms with van der Waals surface area (Å²) >= 11 is 0. The van der Waals surface area contributed by atoms with Gasteiger partial charge in [0.1, 0.15) is 5.75 Å². The van der Waals surface area contributed by atoms with Crippen molar-refractivity contribution in [2.24, 2.45) is 0 Å². The van der Waals surface area contributed by atoms with Gasteiger partial charge in [-0.25, -0.2) is 4.79 Å². The van der Waals surface area contributed by atoms with Crippen LogP contribution in [0.3, 0.4) is 0 Å². The Morgan fingerprint density at radius 3 is 2.73 bits per heavy atom. The van der Waals surface area contributed by atoms with Crippen molar-refractivity contribution in [1.82, 2.24) is 9.88 Å². The fourth-order valence-electron chi connectivity index (χ4n) is 2.12. The lowest BCUT2D eigenvalue weighted by molar-refractivity contribution is 0.215. The van der Waals surface area contributed by atoms with E-state index in [1.165, 1.54) is 5.56 Å². The number of hydrogen-bond acceptors (Lipinski definition) is 3. The van der Waals surface area contributed by atoms with Crippen LogP contribution in [-0.2, 0) is 6.42 Å². The zero-order valence-electron chi connectivity index (χ0n) is 13.0. The molecule has 0 aliphatic heterocycles. The number of urea groups is 1. The maximum Gasteiger partial charge on any atom is 0.321 e. The molecule has 0 spiro atoms. The van der Waals surface area contributed by atoms with Crippen LogP contribution in [0.1, 0.15) is 12.5 Å². The van der Waals surface area contributed by atoms with Crippen LogP contribution in [0.25, 0.3) is 0 Å². The standard InChI is InChI=1S/C17H21N3O2/c1-3-20(12-9-14-7-10-18-11-8-14)17(21)19-15-5-4-6-16(13-15)22-2/h4-8,10-11,13H,3,9,12H2,1-2H3,(H,19,21). The Morgan fingerprint density at radius 1 is 1.27 bits per heavy atom. The normalized spacial score (nSPS) is 10.1. The van der Waals surface area contributed by atoms with Crippen molar-refractivity contribution in [3.63, 3.8) is 0 Å². The van der Waals surface area contributed by atoms with Gasteiger partial charge in [-0.15, -0.1) is 0 Å². The Labute approximate surface area is 130 Å². The molecule has 116 valence electrons. The number of aromatic nitrogens is 1. The SMILES string of the molecule is CCN(CCc1ccncc1)C(=O)Nc1cccc(OC)c1. The predicted molar refractivity (Wildman–Crippen MR) is 87.2 cm³/mol. The molecule has 5 heteroatoms. The first-order valence-electron chi connectivity index (χ1n) is 7.32. The molecular formula is C17H21N3O2. The summed E-state index contributed by atoms with van der Waals surface area (Å²) in [4.78, 5) is 18.1. The fraction of sp³-hybridized carbons (Fsp3) is 0.294. The van der Waals surface area contributed by atoms with Crippen LogP contribution >= 0.6 is 0 Å². The summed E-state index contributed by atoms with van der Waals surface area (Å²) in [5.41, 5.74) is 1.90. The van der Waals surface area contributed by atoms with Crippen LogP contribution in [0, 0.1) is 0 Å². The third-order valence-corrected chi connectivity index (χ3v) is 3.41. The van der Waals surface area contributed by atoms with E-state index >= 15 is 0 Å². The molecule has 0 fully saturated rings. The number of carbonyl (C=O) groups excluding carboxylic acids is 1. The van der Waals surface area contributed by atoms with E-state index in [1.807, 2.05) is 37.3 Å². The van der Waals surface area contributed by atoms with Gasteiger partial charge in [-0.05, 0) is 43.2 Å². The number of anilines is 1. The maximum atomic E-state index is 12.3. The van der Waals surface area contributed by atoms with Crippen LogP contribution in [0.4, 0.5) is 10.5 Å². The van der Waals surface area contributed by atoms with E-state index < -0.39 is 0 Å².